The number of amides is 1. The minimum Gasteiger partial charge on any atom is -0.491 e. The van der Waals surface area contributed by atoms with E-state index < -0.39 is 11.4 Å². The Morgan fingerprint density at radius 2 is 2.05 bits per heavy atom. The Morgan fingerprint density at radius 1 is 1.42 bits per heavy atom. The third-order valence-electron chi connectivity index (χ3n) is 3.01. The lowest BCUT2D eigenvalue weighted by atomic mass is 10.0. The average molecular weight is 264 g/mol. The Bertz CT molecular complexity index is 457. The fourth-order valence-electron chi connectivity index (χ4n) is 1.91. The van der Waals surface area contributed by atoms with Crippen molar-refractivity contribution in [1.82, 2.24) is 5.32 Å². The first-order chi connectivity index (χ1) is 8.74. The number of carbonyl (C=O) groups is 1. The average Bonchev–Trinajstić information content (AvgIpc) is 2.29. The molecule has 1 amide bonds. The van der Waals surface area contributed by atoms with E-state index in [9.17, 15) is 4.79 Å². The van der Waals surface area contributed by atoms with Crippen molar-refractivity contribution in [3.63, 3.8) is 0 Å². The van der Waals surface area contributed by atoms with E-state index in [0.29, 0.717) is 0 Å². The maximum atomic E-state index is 11.6. The molecule has 1 rings (SSSR count). The summed E-state index contributed by atoms with van der Waals surface area (Å²) in [5.41, 5.74) is 6.77. The van der Waals surface area contributed by atoms with Gasteiger partial charge in [0.2, 0.25) is 5.91 Å². The van der Waals surface area contributed by atoms with Gasteiger partial charge in [-0.3, -0.25) is 10.1 Å². The van der Waals surface area contributed by atoms with Crippen molar-refractivity contribution in [2.45, 2.75) is 46.2 Å². The summed E-state index contributed by atoms with van der Waals surface area (Å²) in [6, 6.07) is 6.15. The van der Waals surface area contributed by atoms with Gasteiger partial charge in [-0.25, -0.2) is 0 Å². The first-order valence-corrected chi connectivity index (χ1v) is 6.52. The molecule has 1 atom stereocenters. The fraction of sp³-hybridized carbons (Fsp3) is 0.533. The summed E-state index contributed by atoms with van der Waals surface area (Å²) >= 11 is 0. The van der Waals surface area contributed by atoms with Crippen molar-refractivity contribution in [3.8, 4) is 5.75 Å². The lowest BCUT2D eigenvalue weighted by molar-refractivity contribution is -0.125. The molecule has 0 heterocycles. The van der Waals surface area contributed by atoms with Crippen molar-refractivity contribution >= 4 is 5.91 Å². The van der Waals surface area contributed by atoms with E-state index in [-0.39, 0.29) is 12.6 Å². The van der Waals surface area contributed by atoms with Crippen LogP contribution in [0.1, 0.15) is 31.9 Å². The zero-order chi connectivity index (χ0) is 14.6. The van der Waals surface area contributed by atoms with Gasteiger partial charge in [0, 0.05) is 6.04 Å². The monoisotopic (exact) mass is 264 g/mol. The molecule has 0 aliphatic heterocycles. The third kappa shape index (κ3) is 4.24. The van der Waals surface area contributed by atoms with Crippen molar-refractivity contribution in [1.29, 1.82) is 0 Å². The zero-order valence-electron chi connectivity index (χ0n) is 12.4. The van der Waals surface area contributed by atoms with Gasteiger partial charge in [0.15, 0.2) is 0 Å². The molecule has 0 aliphatic carbocycles. The van der Waals surface area contributed by atoms with Gasteiger partial charge in [0.05, 0.1) is 0 Å². The zero-order valence-corrected chi connectivity index (χ0v) is 12.4. The molecule has 19 heavy (non-hydrogen) atoms. The lowest BCUT2D eigenvalue weighted by Crippen LogP contribution is -2.59. The van der Waals surface area contributed by atoms with Crippen LogP contribution in [0.3, 0.4) is 0 Å². The number of nitrogens with one attached hydrogen (secondary N) is 1. The van der Waals surface area contributed by atoms with Crippen LogP contribution in [0, 0.1) is 13.8 Å². The highest BCUT2D eigenvalue weighted by Crippen LogP contribution is 2.20. The van der Waals surface area contributed by atoms with E-state index in [0.717, 1.165) is 16.9 Å². The molecule has 4 heteroatoms. The number of aryl methyl sites for hydroxylation is 2. The molecule has 0 saturated heterocycles. The largest absolute Gasteiger partial charge is 0.491 e. The van der Waals surface area contributed by atoms with E-state index in [1.165, 1.54) is 0 Å². The second-order valence-corrected chi connectivity index (χ2v) is 5.55. The minimum absolute atomic E-state index is 0.153. The van der Waals surface area contributed by atoms with Crippen molar-refractivity contribution in [3.05, 3.63) is 29.3 Å². The molecule has 1 aromatic carbocycles. The van der Waals surface area contributed by atoms with Gasteiger partial charge < -0.3 is 10.5 Å². The van der Waals surface area contributed by atoms with Crippen molar-refractivity contribution in [2.24, 2.45) is 5.73 Å². The topological polar surface area (TPSA) is 64.3 Å². The summed E-state index contributed by atoms with van der Waals surface area (Å²) in [6.07, 6.45) is 0. The van der Waals surface area contributed by atoms with E-state index in [1.54, 1.807) is 6.92 Å². The van der Waals surface area contributed by atoms with Gasteiger partial charge in [-0.1, -0.05) is 12.1 Å². The molecule has 3 N–H and O–H groups in total. The second kappa shape index (κ2) is 6.06. The Balaban J connectivity index is 2.82. The molecule has 0 spiro atoms. The number of hydrogen-bond donors (Lipinski definition) is 2. The van der Waals surface area contributed by atoms with Gasteiger partial charge in [-0.05, 0) is 51.8 Å². The summed E-state index contributed by atoms with van der Waals surface area (Å²) in [6.45, 7) is 9.90. The van der Waals surface area contributed by atoms with Crippen LogP contribution in [0.25, 0.3) is 0 Å². The van der Waals surface area contributed by atoms with Crippen molar-refractivity contribution in [2.75, 3.05) is 6.61 Å². The molecule has 0 radical (unpaired) electrons. The molecule has 0 fully saturated rings. The van der Waals surface area contributed by atoms with Crippen LogP contribution < -0.4 is 15.8 Å². The highest BCUT2D eigenvalue weighted by Gasteiger charge is 2.32. The predicted molar refractivity (Wildman–Crippen MR) is 77.3 cm³/mol. The highest BCUT2D eigenvalue weighted by atomic mass is 16.5. The molecule has 106 valence electrons. The molecular formula is C15H24N2O2. The Labute approximate surface area is 115 Å². The van der Waals surface area contributed by atoms with Crippen LogP contribution in [0.4, 0.5) is 0 Å². The number of hydrogen-bond acceptors (Lipinski definition) is 3. The van der Waals surface area contributed by atoms with Gasteiger partial charge in [0.25, 0.3) is 0 Å². The lowest BCUT2D eigenvalue weighted by Gasteiger charge is -2.30. The molecule has 0 bridgehead atoms. The number of primary amides is 1. The van der Waals surface area contributed by atoms with Gasteiger partial charge >= 0.3 is 0 Å². The molecule has 1 unspecified atom stereocenters. The van der Waals surface area contributed by atoms with Crippen LogP contribution in [0.5, 0.6) is 5.75 Å². The summed E-state index contributed by atoms with van der Waals surface area (Å²) in [7, 11) is 0. The van der Waals surface area contributed by atoms with Gasteiger partial charge in [0.1, 0.15) is 17.9 Å². The summed E-state index contributed by atoms with van der Waals surface area (Å²) in [4.78, 5) is 11.6. The minimum atomic E-state index is -0.871. The van der Waals surface area contributed by atoms with Crippen LogP contribution in [-0.4, -0.2) is 24.1 Å². The summed E-state index contributed by atoms with van der Waals surface area (Å²) < 4.78 is 5.78. The maximum Gasteiger partial charge on any atom is 0.240 e. The smallest absolute Gasteiger partial charge is 0.240 e. The Kier molecular flexibility index (Phi) is 4.95. The first-order valence-electron chi connectivity index (χ1n) is 6.52. The summed E-state index contributed by atoms with van der Waals surface area (Å²) in [5, 5.41) is 3.16. The van der Waals surface area contributed by atoms with Gasteiger partial charge in [-0.15, -0.1) is 0 Å². The fourth-order valence-corrected chi connectivity index (χ4v) is 1.91. The third-order valence-corrected chi connectivity index (χ3v) is 3.01. The Hall–Kier alpha value is -1.55. The van der Waals surface area contributed by atoms with E-state index in [1.807, 2.05) is 45.9 Å². The normalized spacial score (nSPS) is 14.2. The van der Waals surface area contributed by atoms with E-state index >= 15 is 0 Å². The number of benzene rings is 1. The predicted octanol–water partition coefficient (Wildman–Crippen LogP) is 1.92. The van der Waals surface area contributed by atoms with Crippen LogP contribution in [0.15, 0.2) is 18.2 Å². The quantitative estimate of drug-likeness (QED) is 0.825. The number of nitrogens with two attached hydrogens (primary N) is 1. The Morgan fingerprint density at radius 3 is 2.58 bits per heavy atom. The highest BCUT2D eigenvalue weighted by molar-refractivity contribution is 5.84. The molecular weight excluding hydrogens is 240 g/mol. The summed E-state index contributed by atoms with van der Waals surface area (Å²) in [5.74, 6) is 0.379. The van der Waals surface area contributed by atoms with Crippen LogP contribution in [0.2, 0.25) is 0 Å². The number of carbonyl (C=O) groups excluding carboxylic acids is 1. The SMILES string of the molecule is Cc1ccc(C)c(OCC(C)(NC(C)C)C(N)=O)c1. The van der Waals surface area contributed by atoms with Crippen molar-refractivity contribution < 1.29 is 9.53 Å². The molecule has 0 aromatic heterocycles. The second-order valence-electron chi connectivity index (χ2n) is 5.55. The van der Waals surface area contributed by atoms with E-state index in [4.69, 9.17) is 10.5 Å². The molecule has 0 saturated carbocycles. The maximum absolute atomic E-state index is 11.6. The first kappa shape index (κ1) is 15.5. The molecule has 1 aromatic rings. The number of ether oxygens (including phenoxy) is 1. The van der Waals surface area contributed by atoms with Crippen LogP contribution in [-0.2, 0) is 4.79 Å². The molecule has 4 nitrogen and oxygen atoms in total. The standard InChI is InChI=1S/C15H24N2O2/c1-10(2)17-15(5,14(16)18)9-19-13-8-11(3)6-7-12(13)4/h6-8,10,17H,9H2,1-5H3,(H2,16,18). The number of rotatable bonds is 6. The van der Waals surface area contributed by atoms with Crippen LogP contribution >= 0.6 is 0 Å². The van der Waals surface area contributed by atoms with Gasteiger partial charge in [-0.2, -0.15) is 0 Å². The van der Waals surface area contributed by atoms with E-state index in [2.05, 4.69) is 5.32 Å². The molecule has 0 aliphatic rings.